The van der Waals surface area contributed by atoms with Gasteiger partial charge in [-0.2, -0.15) is 0 Å². The van der Waals surface area contributed by atoms with Crippen LogP contribution >= 0.6 is 11.3 Å². The monoisotopic (exact) mass is 254 g/mol. The summed E-state index contributed by atoms with van der Waals surface area (Å²) < 4.78 is 1.17. The highest BCUT2D eigenvalue weighted by molar-refractivity contribution is 7.21. The molecule has 0 aliphatic heterocycles. The lowest BCUT2D eigenvalue weighted by molar-refractivity contribution is -0.105. The molecule has 0 spiro atoms. The molecule has 1 amide bonds. The van der Waals surface area contributed by atoms with Gasteiger partial charge in [0.15, 0.2) is 0 Å². The molecule has 1 heterocycles. The molecule has 18 heavy (non-hydrogen) atoms. The summed E-state index contributed by atoms with van der Waals surface area (Å²) in [7, 11) is 0. The molecule has 0 radical (unpaired) electrons. The Kier molecular flexibility index (Phi) is 2.78. The van der Waals surface area contributed by atoms with E-state index in [9.17, 15) is 4.79 Å². The first kappa shape index (κ1) is 10.9. The summed E-state index contributed by atoms with van der Waals surface area (Å²) in [4.78, 5) is 15.0. The van der Waals surface area contributed by atoms with Crippen molar-refractivity contribution in [3.05, 3.63) is 48.5 Å². The number of nitrogens with zero attached hydrogens (tertiary/aromatic N) is 1. The molecule has 3 nitrogen and oxygen atoms in total. The molecule has 1 aromatic heterocycles. The van der Waals surface area contributed by atoms with Crippen LogP contribution in [0.4, 0.5) is 5.69 Å². The molecular formula is C14H10N2OS. The summed E-state index contributed by atoms with van der Waals surface area (Å²) in [6, 6.07) is 15.7. The lowest BCUT2D eigenvalue weighted by Crippen LogP contribution is -1.93. The van der Waals surface area contributed by atoms with E-state index in [4.69, 9.17) is 0 Å². The maximum absolute atomic E-state index is 10.4. The second-order valence-corrected chi connectivity index (χ2v) is 4.86. The predicted molar refractivity (Wildman–Crippen MR) is 74.7 cm³/mol. The Morgan fingerprint density at radius 3 is 2.83 bits per heavy atom. The van der Waals surface area contributed by atoms with Crippen molar-refractivity contribution in [1.29, 1.82) is 0 Å². The molecule has 4 heteroatoms. The first-order valence-electron chi connectivity index (χ1n) is 5.53. The molecule has 0 atom stereocenters. The molecule has 0 saturated heterocycles. The minimum absolute atomic E-state index is 0.678. The van der Waals surface area contributed by atoms with E-state index in [-0.39, 0.29) is 0 Å². The first-order chi connectivity index (χ1) is 8.86. The lowest BCUT2D eigenvalue weighted by Gasteiger charge is -2.00. The second kappa shape index (κ2) is 4.58. The van der Waals surface area contributed by atoms with Crippen LogP contribution in [0.1, 0.15) is 0 Å². The van der Waals surface area contributed by atoms with Crippen LogP contribution in [0.3, 0.4) is 0 Å². The van der Waals surface area contributed by atoms with Gasteiger partial charge in [-0.05, 0) is 24.3 Å². The number of thiazole rings is 1. The standard InChI is InChI=1S/C14H10N2OS/c17-9-15-11-5-3-4-10(8-11)14-16-12-6-1-2-7-13(12)18-14/h1-9H,(H,15,17). The number of rotatable bonds is 3. The van der Waals surface area contributed by atoms with Crippen LogP contribution in [-0.4, -0.2) is 11.4 Å². The van der Waals surface area contributed by atoms with Gasteiger partial charge in [0, 0.05) is 11.3 Å². The van der Waals surface area contributed by atoms with Crippen LogP contribution in [0, 0.1) is 0 Å². The van der Waals surface area contributed by atoms with E-state index in [1.54, 1.807) is 11.3 Å². The fourth-order valence-corrected chi connectivity index (χ4v) is 2.77. The molecule has 2 aromatic carbocycles. The van der Waals surface area contributed by atoms with E-state index in [0.29, 0.717) is 6.41 Å². The van der Waals surface area contributed by atoms with Gasteiger partial charge in [-0.1, -0.05) is 24.3 Å². The molecule has 3 rings (SSSR count). The van der Waals surface area contributed by atoms with Gasteiger partial charge in [-0.15, -0.1) is 11.3 Å². The number of amides is 1. The molecule has 88 valence electrons. The highest BCUT2D eigenvalue weighted by Gasteiger charge is 2.05. The molecule has 0 saturated carbocycles. The Bertz CT molecular complexity index is 673. The smallest absolute Gasteiger partial charge is 0.211 e. The van der Waals surface area contributed by atoms with Crippen molar-refractivity contribution < 1.29 is 4.79 Å². The van der Waals surface area contributed by atoms with Crippen LogP contribution < -0.4 is 5.32 Å². The number of anilines is 1. The van der Waals surface area contributed by atoms with Gasteiger partial charge in [0.05, 0.1) is 10.2 Å². The third-order valence-corrected chi connectivity index (χ3v) is 3.71. The molecular weight excluding hydrogens is 244 g/mol. The van der Waals surface area contributed by atoms with Gasteiger partial charge < -0.3 is 5.32 Å². The Morgan fingerprint density at radius 2 is 2.00 bits per heavy atom. The van der Waals surface area contributed by atoms with Gasteiger partial charge in [0.25, 0.3) is 0 Å². The molecule has 0 aliphatic carbocycles. The Labute approximate surface area is 108 Å². The number of hydrogen-bond donors (Lipinski definition) is 1. The van der Waals surface area contributed by atoms with Crippen molar-refractivity contribution >= 4 is 33.7 Å². The largest absolute Gasteiger partial charge is 0.329 e. The summed E-state index contributed by atoms with van der Waals surface area (Å²) in [5, 5.41) is 3.61. The summed E-state index contributed by atoms with van der Waals surface area (Å²) in [5.74, 6) is 0. The number of hydrogen-bond acceptors (Lipinski definition) is 3. The quantitative estimate of drug-likeness (QED) is 0.726. The van der Waals surface area contributed by atoms with Crippen LogP contribution in [0.15, 0.2) is 48.5 Å². The van der Waals surface area contributed by atoms with E-state index in [2.05, 4.69) is 16.4 Å². The SMILES string of the molecule is O=CNc1cccc(-c2nc3ccccc3s2)c1. The maximum Gasteiger partial charge on any atom is 0.211 e. The van der Waals surface area contributed by atoms with Crippen molar-refractivity contribution in [2.45, 2.75) is 0 Å². The second-order valence-electron chi connectivity index (χ2n) is 3.83. The molecule has 1 N–H and O–H groups in total. The predicted octanol–water partition coefficient (Wildman–Crippen LogP) is 3.53. The van der Waals surface area contributed by atoms with E-state index in [0.717, 1.165) is 21.8 Å². The minimum Gasteiger partial charge on any atom is -0.329 e. The third-order valence-electron chi connectivity index (χ3n) is 2.63. The Morgan fingerprint density at radius 1 is 1.11 bits per heavy atom. The van der Waals surface area contributed by atoms with Crippen molar-refractivity contribution in [3.8, 4) is 10.6 Å². The average molecular weight is 254 g/mol. The third kappa shape index (κ3) is 1.98. The number of benzene rings is 2. The zero-order chi connectivity index (χ0) is 12.4. The van der Waals surface area contributed by atoms with Crippen LogP contribution in [-0.2, 0) is 4.79 Å². The van der Waals surface area contributed by atoms with Crippen molar-refractivity contribution in [2.24, 2.45) is 0 Å². The molecule has 0 aliphatic rings. The number of carbonyl (C=O) groups excluding carboxylic acids is 1. The number of carbonyl (C=O) groups is 1. The van der Waals surface area contributed by atoms with Crippen LogP contribution in [0.25, 0.3) is 20.8 Å². The Balaban J connectivity index is 2.08. The summed E-state index contributed by atoms with van der Waals surface area (Å²) in [5.41, 5.74) is 2.80. The zero-order valence-corrected chi connectivity index (χ0v) is 10.3. The topological polar surface area (TPSA) is 42.0 Å². The van der Waals surface area contributed by atoms with Crippen molar-refractivity contribution in [3.63, 3.8) is 0 Å². The summed E-state index contributed by atoms with van der Waals surface area (Å²) in [6.45, 7) is 0. The molecule has 0 bridgehead atoms. The first-order valence-corrected chi connectivity index (χ1v) is 6.35. The highest BCUT2D eigenvalue weighted by Crippen LogP contribution is 2.30. The number of para-hydroxylation sites is 1. The van der Waals surface area contributed by atoms with Gasteiger partial charge in [-0.25, -0.2) is 4.98 Å². The number of nitrogens with one attached hydrogen (secondary N) is 1. The zero-order valence-electron chi connectivity index (χ0n) is 9.46. The number of aromatic nitrogens is 1. The normalized spacial score (nSPS) is 10.4. The van der Waals surface area contributed by atoms with Gasteiger partial charge >= 0.3 is 0 Å². The Hall–Kier alpha value is -2.20. The molecule has 0 fully saturated rings. The molecule has 0 unspecified atom stereocenters. The lowest BCUT2D eigenvalue weighted by atomic mass is 10.2. The van der Waals surface area contributed by atoms with E-state index in [1.807, 2.05) is 42.5 Å². The fraction of sp³-hybridized carbons (Fsp3) is 0. The maximum atomic E-state index is 10.4. The number of fused-ring (bicyclic) bond motifs is 1. The minimum atomic E-state index is 0.678. The fourth-order valence-electron chi connectivity index (χ4n) is 1.81. The van der Waals surface area contributed by atoms with Crippen molar-refractivity contribution in [2.75, 3.05) is 5.32 Å². The van der Waals surface area contributed by atoms with Gasteiger partial charge in [0.1, 0.15) is 5.01 Å². The van der Waals surface area contributed by atoms with Crippen LogP contribution in [0.2, 0.25) is 0 Å². The van der Waals surface area contributed by atoms with Crippen LogP contribution in [0.5, 0.6) is 0 Å². The van der Waals surface area contributed by atoms with E-state index < -0.39 is 0 Å². The van der Waals surface area contributed by atoms with Crippen molar-refractivity contribution in [1.82, 2.24) is 4.98 Å². The molecule has 3 aromatic rings. The summed E-state index contributed by atoms with van der Waals surface area (Å²) >= 11 is 1.65. The average Bonchev–Trinajstić information content (AvgIpc) is 2.83. The van der Waals surface area contributed by atoms with Gasteiger partial charge in [0.2, 0.25) is 6.41 Å². The summed E-state index contributed by atoms with van der Waals surface area (Å²) in [6.07, 6.45) is 0.678. The highest BCUT2D eigenvalue weighted by atomic mass is 32.1. The van der Waals surface area contributed by atoms with E-state index in [1.165, 1.54) is 4.70 Å². The van der Waals surface area contributed by atoms with E-state index >= 15 is 0 Å². The van der Waals surface area contributed by atoms with Gasteiger partial charge in [-0.3, -0.25) is 4.79 Å².